The van der Waals surface area contributed by atoms with E-state index in [0.717, 1.165) is 18.2 Å². The molecule has 6 nitrogen and oxygen atoms in total. The number of fused-ring (bicyclic) bond motifs is 1. The fraction of sp³-hybridized carbons (Fsp3) is 0.476. The van der Waals surface area contributed by atoms with E-state index in [1.54, 1.807) is 27.7 Å². The molecule has 1 aliphatic rings. The van der Waals surface area contributed by atoms with Gasteiger partial charge < -0.3 is 15.6 Å². The van der Waals surface area contributed by atoms with Crippen LogP contribution in [-0.4, -0.2) is 38.4 Å². The van der Waals surface area contributed by atoms with Crippen LogP contribution in [0, 0.1) is 5.82 Å². The lowest BCUT2D eigenvalue weighted by Gasteiger charge is -2.31. The first kappa shape index (κ1) is 24.6. The molecule has 32 heavy (non-hydrogen) atoms. The summed E-state index contributed by atoms with van der Waals surface area (Å²) in [5, 5.41) is 10.5. The summed E-state index contributed by atoms with van der Waals surface area (Å²) in [6.45, 7) is 5.66. The standard InChI is InChI=1S/C21H25F4N3O3S/c1-18(2,3)32(30)28-19(4)11-31-17-14(19)9-15(20(29,10-26)21(23,24)25)27-16(17)12-5-7-13(22)8-6-12/h5-9,28-29H,10-11,26H2,1-4H3/t19-,20-,32+/m0/s1. The molecule has 0 unspecified atom stereocenters. The highest BCUT2D eigenvalue weighted by molar-refractivity contribution is 7.84. The second kappa shape index (κ2) is 8.05. The van der Waals surface area contributed by atoms with Gasteiger partial charge in [0.05, 0.1) is 27.0 Å². The number of aromatic nitrogens is 1. The predicted molar refractivity (Wildman–Crippen MR) is 113 cm³/mol. The first-order chi connectivity index (χ1) is 14.6. The smallest absolute Gasteiger partial charge is 0.424 e. The Morgan fingerprint density at radius 1 is 1.25 bits per heavy atom. The van der Waals surface area contributed by atoms with Crippen LogP contribution in [0.2, 0.25) is 0 Å². The number of ether oxygens (including phenoxy) is 1. The average Bonchev–Trinajstić information content (AvgIpc) is 3.02. The van der Waals surface area contributed by atoms with Crippen LogP contribution < -0.4 is 15.2 Å². The fourth-order valence-corrected chi connectivity index (χ4v) is 4.09. The van der Waals surface area contributed by atoms with Crippen molar-refractivity contribution in [2.24, 2.45) is 5.73 Å². The number of hydrogen-bond acceptors (Lipinski definition) is 5. The van der Waals surface area contributed by atoms with Gasteiger partial charge in [-0.3, -0.25) is 0 Å². The molecular formula is C21H25F4N3O3S. The number of nitrogens with two attached hydrogens (primary N) is 1. The van der Waals surface area contributed by atoms with Crippen LogP contribution in [0.25, 0.3) is 11.3 Å². The number of pyridine rings is 1. The van der Waals surface area contributed by atoms with Gasteiger partial charge in [0.15, 0.2) is 5.75 Å². The number of rotatable bonds is 5. The van der Waals surface area contributed by atoms with E-state index in [0.29, 0.717) is 0 Å². The molecule has 0 spiro atoms. The molecule has 0 saturated carbocycles. The van der Waals surface area contributed by atoms with Gasteiger partial charge in [0.25, 0.3) is 0 Å². The zero-order valence-electron chi connectivity index (χ0n) is 18.0. The Morgan fingerprint density at radius 3 is 2.34 bits per heavy atom. The first-order valence-electron chi connectivity index (χ1n) is 9.76. The summed E-state index contributed by atoms with van der Waals surface area (Å²) in [6.07, 6.45) is -5.11. The molecule has 176 valence electrons. The van der Waals surface area contributed by atoms with E-state index in [1.807, 2.05) is 0 Å². The molecular weight excluding hydrogens is 450 g/mol. The van der Waals surface area contributed by atoms with Crippen molar-refractivity contribution in [2.45, 2.75) is 49.8 Å². The number of benzene rings is 1. The van der Waals surface area contributed by atoms with Crippen molar-refractivity contribution in [2.75, 3.05) is 13.2 Å². The fourth-order valence-electron chi connectivity index (χ4n) is 3.21. The zero-order valence-corrected chi connectivity index (χ0v) is 18.8. The van der Waals surface area contributed by atoms with Gasteiger partial charge in [-0.1, -0.05) is 0 Å². The van der Waals surface area contributed by atoms with Gasteiger partial charge in [-0.2, -0.15) is 13.2 Å². The minimum Gasteiger partial charge on any atom is -0.489 e. The van der Waals surface area contributed by atoms with Gasteiger partial charge >= 0.3 is 6.18 Å². The molecule has 3 rings (SSSR count). The lowest BCUT2D eigenvalue weighted by Crippen LogP contribution is -2.50. The maximum absolute atomic E-state index is 13.8. The molecule has 2 aromatic rings. The molecule has 3 atom stereocenters. The minimum absolute atomic E-state index is 0.0132. The molecule has 2 heterocycles. The van der Waals surface area contributed by atoms with E-state index in [4.69, 9.17) is 10.5 Å². The number of aliphatic hydroxyl groups is 1. The number of alkyl halides is 3. The van der Waals surface area contributed by atoms with Crippen LogP contribution in [0.3, 0.4) is 0 Å². The molecule has 1 aromatic carbocycles. The molecule has 0 radical (unpaired) electrons. The van der Waals surface area contributed by atoms with Crippen molar-refractivity contribution in [1.82, 2.24) is 9.71 Å². The SMILES string of the molecule is CC(C)(C)[S@@](=O)N[C@@]1(C)COc2c1cc([C@@](O)(CN)C(F)(F)F)nc2-c1ccc(F)cc1. The van der Waals surface area contributed by atoms with E-state index >= 15 is 0 Å². The summed E-state index contributed by atoms with van der Waals surface area (Å²) in [4.78, 5) is 4.05. The maximum Gasteiger partial charge on any atom is 0.424 e. The molecule has 11 heteroatoms. The molecule has 0 aliphatic carbocycles. The highest BCUT2D eigenvalue weighted by atomic mass is 32.2. The summed E-state index contributed by atoms with van der Waals surface area (Å²) >= 11 is 0. The molecule has 0 amide bonds. The van der Waals surface area contributed by atoms with Crippen LogP contribution in [0.1, 0.15) is 39.0 Å². The van der Waals surface area contributed by atoms with E-state index < -0.39 is 51.1 Å². The van der Waals surface area contributed by atoms with Crippen molar-refractivity contribution in [3.8, 4) is 17.0 Å². The predicted octanol–water partition coefficient (Wildman–Crippen LogP) is 3.26. The van der Waals surface area contributed by atoms with Crippen LogP contribution in [-0.2, 0) is 22.1 Å². The van der Waals surface area contributed by atoms with Gasteiger partial charge in [0.2, 0.25) is 5.60 Å². The van der Waals surface area contributed by atoms with Crippen LogP contribution in [0.5, 0.6) is 5.75 Å². The second-order valence-electron chi connectivity index (χ2n) is 8.91. The monoisotopic (exact) mass is 475 g/mol. The summed E-state index contributed by atoms with van der Waals surface area (Å²) < 4.78 is 75.6. The number of nitrogens with zero attached hydrogens (tertiary/aromatic N) is 1. The molecule has 0 saturated heterocycles. The third kappa shape index (κ3) is 4.26. The Hall–Kier alpha value is -2.08. The number of halogens is 4. The van der Waals surface area contributed by atoms with Crippen molar-refractivity contribution in [1.29, 1.82) is 0 Å². The van der Waals surface area contributed by atoms with Gasteiger partial charge in [0, 0.05) is 17.7 Å². The van der Waals surface area contributed by atoms with Gasteiger partial charge in [-0.05, 0) is 58.0 Å². The molecule has 4 N–H and O–H groups in total. The normalized spacial score (nSPS) is 21.6. The summed E-state index contributed by atoms with van der Waals surface area (Å²) in [5.41, 5.74) is 0.523. The maximum atomic E-state index is 13.8. The Balaban J connectivity index is 2.26. The molecule has 1 aromatic heterocycles. The Kier molecular flexibility index (Phi) is 6.18. The van der Waals surface area contributed by atoms with Gasteiger partial charge in [-0.25, -0.2) is 18.3 Å². The topological polar surface area (TPSA) is 97.5 Å². The second-order valence-corrected chi connectivity index (χ2v) is 10.9. The third-order valence-corrected chi connectivity index (χ3v) is 7.00. The Morgan fingerprint density at radius 2 is 1.84 bits per heavy atom. The summed E-state index contributed by atoms with van der Waals surface area (Å²) in [7, 11) is -1.58. The van der Waals surface area contributed by atoms with Gasteiger partial charge in [0.1, 0.15) is 18.1 Å². The highest BCUT2D eigenvalue weighted by Crippen LogP contribution is 2.47. The summed E-state index contributed by atoms with van der Waals surface area (Å²) in [6, 6.07) is 6.03. The first-order valence-corrected chi connectivity index (χ1v) is 10.9. The molecule has 0 fully saturated rings. The largest absolute Gasteiger partial charge is 0.489 e. The minimum atomic E-state index is -5.11. The molecule has 0 bridgehead atoms. The van der Waals surface area contributed by atoms with Crippen molar-refractivity contribution < 1.29 is 31.6 Å². The van der Waals surface area contributed by atoms with Gasteiger partial charge in [-0.15, -0.1) is 0 Å². The van der Waals surface area contributed by atoms with Crippen LogP contribution in [0.15, 0.2) is 30.3 Å². The Bertz CT molecular complexity index is 1040. The van der Waals surface area contributed by atoms with E-state index in [2.05, 4.69) is 9.71 Å². The van der Waals surface area contributed by atoms with Crippen molar-refractivity contribution in [3.05, 3.63) is 47.4 Å². The van der Waals surface area contributed by atoms with E-state index in [1.165, 1.54) is 12.1 Å². The average molecular weight is 476 g/mol. The van der Waals surface area contributed by atoms with Crippen LogP contribution >= 0.6 is 0 Å². The molecule has 1 aliphatic heterocycles. The lowest BCUT2D eigenvalue weighted by atomic mass is 9.89. The van der Waals surface area contributed by atoms with E-state index in [9.17, 15) is 26.9 Å². The number of hydrogen-bond donors (Lipinski definition) is 3. The lowest BCUT2D eigenvalue weighted by molar-refractivity contribution is -0.263. The number of nitrogens with one attached hydrogen (secondary N) is 1. The van der Waals surface area contributed by atoms with Crippen molar-refractivity contribution in [3.63, 3.8) is 0 Å². The quantitative estimate of drug-likeness (QED) is 0.577. The van der Waals surface area contributed by atoms with E-state index in [-0.39, 0.29) is 29.2 Å². The third-order valence-electron chi connectivity index (χ3n) is 5.25. The summed E-state index contributed by atoms with van der Waals surface area (Å²) in [5.74, 6) is -0.383. The zero-order chi connectivity index (χ0) is 24.1. The Labute approximate surface area is 185 Å². The van der Waals surface area contributed by atoms with Crippen LogP contribution in [0.4, 0.5) is 17.6 Å². The highest BCUT2D eigenvalue weighted by Gasteiger charge is 2.56. The van der Waals surface area contributed by atoms with Crippen molar-refractivity contribution >= 4 is 11.0 Å².